The van der Waals surface area contributed by atoms with E-state index in [9.17, 15) is 9.59 Å². The van der Waals surface area contributed by atoms with Crippen molar-refractivity contribution in [3.8, 4) is 0 Å². The molecular formula is C23H35N3O2. The van der Waals surface area contributed by atoms with Gasteiger partial charge in [-0.25, -0.2) is 0 Å². The molecule has 0 unspecified atom stereocenters. The van der Waals surface area contributed by atoms with Crippen molar-refractivity contribution >= 4 is 17.5 Å². The Labute approximate surface area is 169 Å². The average Bonchev–Trinajstić information content (AvgIpc) is 2.73. The summed E-state index contributed by atoms with van der Waals surface area (Å²) in [5.41, 5.74) is 0.829. The number of rotatable bonds is 7. The molecule has 0 atom stereocenters. The van der Waals surface area contributed by atoms with E-state index < -0.39 is 0 Å². The molecule has 0 aromatic heterocycles. The second kappa shape index (κ2) is 10.6. The summed E-state index contributed by atoms with van der Waals surface area (Å²) in [6.45, 7) is 5.68. The van der Waals surface area contributed by atoms with Crippen LogP contribution in [0.3, 0.4) is 0 Å². The van der Waals surface area contributed by atoms with E-state index in [0.717, 1.165) is 50.6 Å². The summed E-state index contributed by atoms with van der Waals surface area (Å²) >= 11 is 0. The quantitative estimate of drug-likeness (QED) is 0.777. The van der Waals surface area contributed by atoms with E-state index in [-0.39, 0.29) is 11.8 Å². The zero-order valence-electron chi connectivity index (χ0n) is 17.2. The summed E-state index contributed by atoms with van der Waals surface area (Å²) in [5, 5.41) is 2.93. The van der Waals surface area contributed by atoms with Crippen LogP contribution in [-0.2, 0) is 9.59 Å². The molecule has 5 nitrogen and oxygen atoms in total. The van der Waals surface area contributed by atoms with Crippen LogP contribution in [0.25, 0.3) is 0 Å². The minimum Gasteiger partial charge on any atom is -0.340 e. The zero-order valence-corrected chi connectivity index (χ0v) is 17.2. The van der Waals surface area contributed by atoms with Crippen LogP contribution in [0.5, 0.6) is 0 Å². The van der Waals surface area contributed by atoms with Crippen molar-refractivity contribution in [3.63, 3.8) is 0 Å². The van der Waals surface area contributed by atoms with Gasteiger partial charge in [-0.05, 0) is 43.7 Å². The molecule has 1 aliphatic carbocycles. The Balaban J connectivity index is 1.37. The van der Waals surface area contributed by atoms with Gasteiger partial charge in [0.1, 0.15) is 0 Å². The standard InChI is InChI=1S/C23H35N3O2/c1-2-3-7-19-10-12-20(13-11-19)23(28)26-16-14-25(15-17-26)18-22(27)24-21-8-5-4-6-9-21/h4-6,8-9,19-20H,2-3,7,10-18H2,1H3,(H,24,27). The van der Waals surface area contributed by atoms with E-state index in [1.165, 1.54) is 32.1 Å². The van der Waals surface area contributed by atoms with E-state index >= 15 is 0 Å². The van der Waals surface area contributed by atoms with Gasteiger partial charge in [-0.15, -0.1) is 0 Å². The molecule has 1 aromatic rings. The lowest BCUT2D eigenvalue weighted by molar-refractivity contribution is -0.138. The number of hydrogen-bond acceptors (Lipinski definition) is 3. The monoisotopic (exact) mass is 385 g/mol. The Hall–Kier alpha value is -1.88. The highest BCUT2D eigenvalue weighted by Gasteiger charge is 2.31. The fraction of sp³-hybridized carbons (Fsp3) is 0.652. The molecule has 28 heavy (non-hydrogen) atoms. The first-order valence-corrected chi connectivity index (χ1v) is 11.0. The lowest BCUT2D eigenvalue weighted by Gasteiger charge is -2.37. The van der Waals surface area contributed by atoms with Gasteiger partial charge in [0, 0.05) is 37.8 Å². The smallest absolute Gasteiger partial charge is 0.238 e. The molecule has 2 fully saturated rings. The Morgan fingerprint density at radius 2 is 1.68 bits per heavy atom. The van der Waals surface area contributed by atoms with Gasteiger partial charge in [-0.2, -0.15) is 0 Å². The number of carbonyl (C=O) groups excluding carboxylic acids is 2. The van der Waals surface area contributed by atoms with Crippen LogP contribution in [0.15, 0.2) is 30.3 Å². The van der Waals surface area contributed by atoms with Gasteiger partial charge in [0.05, 0.1) is 6.54 Å². The zero-order chi connectivity index (χ0) is 19.8. The van der Waals surface area contributed by atoms with Crippen LogP contribution in [0.1, 0.15) is 51.9 Å². The highest BCUT2D eigenvalue weighted by atomic mass is 16.2. The van der Waals surface area contributed by atoms with E-state index in [4.69, 9.17) is 0 Å². The van der Waals surface area contributed by atoms with Crippen molar-refractivity contribution in [2.24, 2.45) is 11.8 Å². The predicted molar refractivity (Wildman–Crippen MR) is 113 cm³/mol. The van der Waals surface area contributed by atoms with Crippen molar-refractivity contribution in [1.82, 2.24) is 9.80 Å². The van der Waals surface area contributed by atoms with Gasteiger partial charge in [-0.3, -0.25) is 14.5 Å². The summed E-state index contributed by atoms with van der Waals surface area (Å²) in [6, 6.07) is 9.55. The lowest BCUT2D eigenvalue weighted by atomic mass is 9.79. The van der Waals surface area contributed by atoms with E-state index in [1.54, 1.807) is 0 Å². The number of nitrogens with zero attached hydrogens (tertiary/aromatic N) is 2. The maximum absolute atomic E-state index is 12.9. The summed E-state index contributed by atoms with van der Waals surface area (Å²) in [6.07, 6.45) is 8.49. The van der Waals surface area contributed by atoms with Crippen LogP contribution in [0.4, 0.5) is 5.69 Å². The number of hydrogen-bond donors (Lipinski definition) is 1. The minimum absolute atomic E-state index is 0.0105. The number of amides is 2. The van der Waals surface area contributed by atoms with Crippen LogP contribution in [0.2, 0.25) is 0 Å². The Bertz CT molecular complexity index is 618. The minimum atomic E-state index is 0.0105. The van der Waals surface area contributed by atoms with Gasteiger partial charge in [0.25, 0.3) is 0 Å². The van der Waals surface area contributed by atoms with E-state index in [2.05, 4.69) is 17.1 Å². The first kappa shape index (κ1) is 20.8. The van der Waals surface area contributed by atoms with Crippen molar-refractivity contribution in [2.75, 3.05) is 38.0 Å². The molecule has 0 spiro atoms. The second-order valence-electron chi connectivity index (χ2n) is 8.38. The highest BCUT2D eigenvalue weighted by molar-refractivity contribution is 5.92. The molecule has 1 saturated carbocycles. The molecule has 5 heteroatoms. The Morgan fingerprint density at radius 3 is 2.32 bits per heavy atom. The normalized spacial score (nSPS) is 23.4. The molecule has 1 heterocycles. The van der Waals surface area contributed by atoms with Crippen LogP contribution in [0, 0.1) is 11.8 Å². The number of anilines is 1. The third kappa shape index (κ3) is 6.06. The first-order valence-electron chi connectivity index (χ1n) is 11.0. The fourth-order valence-corrected chi connectivity index (χ4v) is 4.50. The first-order chi connectivity index (χ1) is 13.7. The number of piperazine rings is 1. The van der Waals surface area contributed by atoms with E-state index in [1.807, 2.05) is 35.2 Å². The third-order valence-corrected chi connectivity index (χ3v) is 6.27. The SMILES string of the molecule is CCCCC1CCC(C(=O)N2CCN(CC(=O)Nc3ccccc3)CC2)CC1. The largest absolute Gasteiger partial charge is 0.340 e. The van der Waals surface area contributed by atoms with E-state index in [0.29, 0.717) is 12.5 Å². The molecule has 1 aliphatic heterocycles. The third-order valence-electron chi connectivity index (χ3n) is 6.27. The van der Waals surface area contributed by atoms with Crippen molar-refractivity contribution in [1.29, 1.82) is 0 Å². The van der Waals surface area contributed by atoms with Gasteiger partial charge in [0.15, 0.2) is 0 Å². The number of para-hydroxylation sites is 1. The molecule has 154 valence electrons. The number of benzene rings is 1. The highest BCUT2D eigenvalue weighted by Crippen LogP contribution is 2.33. The lowest BCUT2D eigenvalue weighted by Crippen LogP contribution is -2.52. The number of nitrogens with one attached hydrogen (secondary N) is 1. The summed E-state index contributed by atoms with van der Waals surface area (Å²) in [7, 11) is 0. The van der Waals surface area contributed by atoms with Crippen molar-refractivity contribution in [3.05, 3.63) is 30.3 Å². The Morgan fingerprint density at radius 1 is 1.00 bits per heavy atom. The van der Waals surface area contributed by atoms with Crippen LogP contribution in [-0.4, -0.2) is 54.3 Å². The van der Waals surface area contributed by atoms with Crippen LogP contribution < -0.4 is 5.32 Å². The molecule has 0 bridgehead atoms. The molecule has 0 radical (unpaired) electrons. The number of carbonyl (C=O) groups is 2. The Kier molecular flexibility index (Phi) is 7.90. The van der Waals surface area contributed by atoms with Gasteiger partial charge >= 0.3 is 0 Å². The molecular weight excluding hydrogens is 350 g/mol. The fourth-order valence-electron chi connectivity index (χ4n) is 4.50. The molecule has 1 N–H and O–H groups in total. The summed E-state index contributed by atoms with van der Waals surface area (Å²) < 4.78 is 0. The average molecular weight is 386 g/mol. The van der Waals surface area contributed by atoms with Gasteiger partial charge in [-0.1, -0.05) is 44.4 Å². The molecule has 2 amide bonds. The van der Waals surface area contributed by atoms with Crippen molar-refractivity contribution in [2.45, 2.75) is 51.9 Å². The van der Waals surface area contributed by atoms with Crippen molar-refractivity contribution < 1.29 is 9.59 Å². The van der Waals surface area contributed by atoms with Gasteiger partial charge < -0.3 is 10.2 Å². The molecule has 3 rings (SSSR count). The second-order valence-corrected chi connectivity index (χ2v) is 8.38. The molecule has 1 aromatic carbocycles. The number of unbranched alkanes of at least 4 members (excludes halogenated alkanes) is 1. The molecule has 1 saturated heterocycles. The molecule has 2 aliphatic rings. The maximum atomic E-state index is 12.9. The predicted octanol–water partition coefficient (Wildman–Crippen LogP) is 3.77. The van der Waals surface area contributed by atoms with Crippen LogP contribution >= 0.6 is 0 Å². The topological polar surface area (TPSA) is 52.7 Å². The summed E-state index contributed by atoms with van der Waals surface area (Å²) in [5.74, 6) is 1.42. The maximum Gasteiger partial charge on any atom is 0.238 e. The van der Waals surface area contributed by atoms with Gasteiger partial charge in [0.2, 0.25) is 11.8 Å². The summed E-state index contributed by atoms with van der Waals surface area (Å²) in [4.78, 5) is 29.3.